The summed E-state index contributed by atoms with van der Waals surface area (Å²) in [5, 5.41) is 15.9. The van der Waals surface area contributed by atoms with E-state index in [1.165, 1.54) is 0 Å². The zero-order valence-corrected chi connectivity index (χ0v) is 19.3. The number of fused-ring (bicyclic) bond motifs is 1. The van der Waals surface area contributed by atoms with Crippen LogP contribution < -0.4 is 4.74 Å². The van der Waals surface area contributed by atoms with Crippen LogP contribution in [0, 0.1) is 6.92 Å². The molecule has 6 nitrogen and oxygen atoms in total. The maximum absolute atomic E-state index is 9.62. The minimum Gasteiger partial charge on any atom is -0.487 e. The summed E-state index contributed by atoms with van der Waals surface area (Å²) in [6, 6.07) is 17.0. The summed E-state index contributed by atoms with van der Waals surface area (Å²) in [6.45, 7) is 2.00. The topological polar surface area (TPSA) is 65.1 Å². The molecule has 0 amide bonds. The number of rotatable bonds is 6. The Bertz CT molecular complexity index is 1440. The van der Waals surface area contributed by atoms with Crippen LogP contribution in [-0.4, -0.2) is 24.4 Å². The van der Waals surface area contributed by atoms with Gasteiger partial charge in [0.2, 0.25) is 0 Å². The number of aliphatic hydroxyl groups is 1. The fourth-order valence-electron chi connectivity index (χ4n) is 3.88. The van der Waals surface area contributed by atoms with Crippen LogP contribution in [0.4, 0.5) is 0 Å². The van der Waals surface area contributed by atoms with Gasteiger partial charge in [-0.2, -0.15) is 5.10 Å². The lowest BCUT2D eigenvalue weighted by molar-refractivity contribution is 0.274. The summed E-state index contributed by atoms with van der Waals surface area (Å²) >= 11 is 13.2. The Morgan fingerprint density at radius 2 is 1.88 bits per heavy atom. The average Bonchev–Trinajstić information content (AvgIpc) is 3.51. The molecule has 0 bridgehead atoms. The van der Waals surface area contributed by atoms with E-state index in [2.05, 4.69) is 5.10 Å². The van der Waals surface area contributed by atoms with E-state index in [4.69, 9.17) is 32.9 Å². The number of ether oxygens (including phenoxy) is 1. The fourth-order valence-corrected chi connectivity index (χ4v) is 4.45. The smallest absolute Gasteiger partial charge is 0.146 e. The number of hydrogen-bond acceptors (Lipinski definition) is 4. The zero-order valence-electron chi connectivity index (χ0n) is 17.7. The molecule has 0 aliphatic rings. The third-order valence-corrected chi connectivity index (χ3v) is 6.23. The number of aromatic nitrogens is 4. The normalized spacial score (nSPS) is 11.3. The second kappa shape index (κ2) is 8.90. The maximum Gasteiger partial charge on any atom is 0.146 e. The molecule has 5 rings (SSSR count). The molecule has 2 aromatic carbocycles. The van der Waals surface area contributed by atoms with Gasteiger partial charge in [0, 0.05) is 46.0 Å². The number of halogens is 2. The van der Waals surface area contributed by atoms with Crippen molar-refractivity contribution in [2.75, 3.05) is 0 Å². The van der Waals surface area contributed by atoms with E-state index in [1.807, 2.05) is 77.1 Å². The molecule has 166 valence electrons. The standard InChI is InChI=1S/C25H20Cl2N4O2/c1-16-13-22(31-12-4-10-28-31)18-6-2-7-23(25(18)29-16)33-15-19-20(26)8-9-21(24(19)27)30-11-3-5-17(30)14-32/h2-13,32H,14-15H2,1H3. The van der Waals surface area contributed by atoms with Crippen molar-refractivity contribution in [3.8, 4) is 17.1 Å². The highest BCUT2D eigenvalue weighted by Crippen LogP contribution is 2.34. The van der Waals surface area contributed by atoms with Crippen LogP contribution in [0.3, 0.4) is 0 Å². The molecular formula is C25H20Cl2N4O2. The van der Waals surface area contributed by atoms with Crippen LogP contribution in [0.25, 0.3) is 22.3 Å². The van der Waals surface area contributed by atoms with Crippen LogP contribution in [0.1, 0.15) is 17.0 Å². The molecule has 5 aromatic rings. The molecule has 33 heavy (non-hydrogen) atoms. The maximum atomic E-state index is 9.62. The third-order valence-electron chi connectivity index (χ3n) is 5.45. The number of aliphatic hydroxyl groups excluding tert-OH is 1. The second-order valence-corrected chi connectivity index (χ2v) is 8.35. The first-order valence-electron chi connectivity index (χ1n) is 10.3. The minimum atomic E-state index is -0.0998. The van der Waals surface area contributed by atoms with E-state index in [1.54, 1.807) is 12.3 Å². The van der Waals surface area contributed by atoms with Crippen LogP contribution in [0.5, 0.6) is 5.75 Å². The van der Waals surface area contributed by atoms with E-state index in [9.17, 15) is 5.11 Å². The first kappa shape index (κ1) is 21.5. The first-order valence-corrected chi connectivity index (χ1v) is 11.1. The van der Waals surface area contributed by atoms with Crippen molar-refractivity contribution in [2.24, 2.45) is 0 Å². The molecule has 3 aromatic heterocycles. The van der Waals surface area contributed by atoms with Gasteiger partial charge in [0.1, 0.15) is 17.9 Å². The summed E-state index contributed by atoms with van der Waals surface area (Å²) in [6.07, 6.45) is 5.49. The molecule has 0 fully saturated rings. The lowest BCUT2D eigenvalue weighted by atomic mass is 10.1. The second-order valence-electron chi connectivity index (χ2n) is 7.56. The van der Waals surface area contributed by atoms with Crippen LogP contribution in [0.15, 0.2) is 73.2 Å². The summed E-state index contributed by atoms with van der Waals surface area (Å²) in [5.74, 6) is 0.624. The van der Waals surface area contributed by atoms with Gasteiger partial charge in [0.05, 0.1) is 23.0 Å². The molecule has 0 radical (unpaired) electrons. The van der Waals surface area contributed by atoms with Crippen molar-refractivity contribution in [3.05, 3.63) is 100 Å². The van der Waals surface area contributed by atoms with E-state index >= 15 is 0 Å². The Balaban J connectivity index is 1.53. The molecule has 0 aliphatic carbocycles. The SMILES string of the molecule is Cc1cc(-n2cccn2)c2cccc(OCc3c(Cl)ccc(-n4cccc4CO)c3Cl)c2n1. The van der Waals surface area contributed by atoms with Gasteiger partial charge in [-0.25, -0.2) is 9.67 Å². The monoisotopic (exact) mass is 478 g/mol. The number of aryl methyl sites for hydroxylation is 1. The zero-order chi connectivity index (χ0) is 22.9. The van der Waals surface area contributed by atoms with Crippen molar-refractivity contribution in [2.45, 2.75) is 20.1 Å². The largest absolute Gasteiger partial charge is 0.487 e. The number of pyridine rings is 1. The van der Waals surface area contributed by atoms with Gasteiger partial charge in [-0.05, 0) is 49.4 Å². The van der Waals surface area contributed by atoms with Crippen LogP contribution in [0.2, 0.25) is 10.0 Å². The van der Waals surface area contributed by atoms with Gasteiger partial charge in [0.25, 0.3) is 0 Å². The summed E-state index contributed by atoms with van der Waals surface area (Å²) in [4.78, 5) is 4.72. The Labute approximate surface area is 200 Å². The van der Waals surface area contributed by atoms with Crippen molar-refractivity contribution < 1.29 is 9.84 Å². The molecule has 0 saturated heterocycles. The lowest BCUT2D eigenvalue weighted by Gasteiger charge is -2.16. The third kappa shape index (κ3) is 3.97. The Hall–Kier alpha value is -3.32. The van der Waals surface area contributed by atoms with Crippen LogP contribution in [-0.2, 0) is 13.2 Å². The van der Waals surface area contributed by atoms with E-state index < -0.39 is 0 Å². The molecule has 0 spiro atoms. The molecule has 0 aliphatic heterocycles. The van der Waals surface area contributed by atoms with Crippen molar-refractivity contribution in [3.63, 3.8) is 0 Å². The molecule has 0 saturated carbocycles. The van der Waals surface area contributed by atoms with Gasteiger partial charge < -0.3 is 14.4 Å². The number of para-hydroxylation sites is 1. The predicted molar refractivity (Wildman–Crippen MR) is 130 cm³/mol. The molecular weight excluding hydrogens is 459 g/mol. The highest BCUT2D eigenvalue weighted by Gasteiger charge is 2.16. The van der Waals surface area contributed by atoms with Crippen molar-refractivity contribution in [1.82, 2.24) is 19.3 Å². The van der Waals surface area contributed by atoms with E-state index in [0.29, 0.717) is 21.4 Å². The summed E-state index contributed by atoms with van der Waals surface area (Å²) in [5.41, 5.74) is 4.62. The predicted octanol–water partition coefficient (Wildman–Crippen LogP) is 5.90. The summed E-state index contributed by atoms with van der Waals surface area (Å²) in [7, 11) is 0. The highest BCUT2D eigenvalue weighted by molar-refractivity contribution is 6.37. The molecule has 0 unspecified atom stereocenters. The van der Waals surface area contributed by atoms with Gasteiger partial charge in [-0.1, -0.05) is 35.3 Å². The Morgan fingerprint density at radius 1 is 1.00 bits per heavy atom. The number of benzene rings is 2. The van der Waals surface area contributed by atoms with Gasteiger partial charge in [-0.3, -0.25) is 0 Å². The van der Waals surface area contributed by atoms with Gasteiger partial charge in [-0.15, -0.1) is 0 Å². The molecule has 8 heteroatoms. The van der Waals surface area contributed by atoms with Crippen molar-refractivity contribution >= 4 is 34.1 Å². The van der Waals surface area contributed by atoms with Gasteiger partial charge >= 0.3 is 0 Å². The highest BCUT2D eigenvalue weighted by atomic mass is 35.5. The molecule has 0 atom stereocenters. The molecule has 1 N–H and O–H groups in total. The summed E-state index contributed by atoms with van der Waals surface area (Å²) < 4.78 is 9.85. The van der Waals surface area contributed by atoms with Crippen molar-refractivity contribution in [1.29, 1.82) is 0 Å². The Morgan fingerprint density at radius 3 is 2.67 bits per heavy atom. The fraction of sp³-hybridized carbons (Fsp3) is 0.120. The Kier molecular flexibility index (Phi) is 5.81. The van der Waals surface area contributed by atoms with E-state index in [-0.39, 0.29) is 13.2 Å². The van der Waals surface area contributed by atoms with Gasteiger partial charge in [0.15, 0.2) is 0 Å². The minimum absolute atomic E-state index is 0.0998. The van der Waals surface area contributed by atoms with Crippen LogP contribution >= 0.6 is 23.2 Å². The first-order chi connectivity index (χ1) is 16.1. The lowest BCUT2D eigenvalue weighted by Crippen LogP contribution is -2.05. The number of nitrogens with zero attached hydrogens (tertiary/aromatic N) is 4. The quantitative estimate of drug-likeness (QED) is 0.330. The number of hydrogen-bond donors (Lipinski definition) is 1. The van der Waals surface area contributed by atoms with E-state index in [0.717, 1.165) is 33.7 Å². The average molecular weight is 479 g/mol. The molecule has 3 heterocycles.